The third-order valence-corrected chi connectivity index (χ3v) is 7.96. The second-order valence-corrected chi connectivity index (χ2v) is 10.7. The van der Waals surface area contributed by atoms with Crippen molar-refractivity contribution >= 4 is 35.1 Å². The van der Waals surface area contributed by atoms with E-state index in [-0.39, 0.29) is 57.9 Å². The Morgan fingerprint density at radius 2 is 1.98 bits per heavy atom. The molecule has 3 aromatic rings. The van der Waals surface area contributed by atoms with Crippen molar-refractivity contribution in [3.63, 3.8) is 0 Å². The first kappa shape index (κ1) is 29.5. The molecule has 13 heteroatoms. The van der Waals surface area contributed by atoms with Gasteiger partial charge in [0.1, 0.15) is 22.3 Å². The molecule has 1 fully saturated rings. The van der Waals surface area contributed by atoms with Crippen LogP contribution in [0.5, 0.6) is 17.4 Å². The van der Waals surface area contributed by atoms with Gasteiger partial charge in [-0.05, 0) is 44.6 Å². The van der Waals surface area contributed by atoms with Crippen LogP contribution in [0.3, 0.4) is 0 Å². The first-order chi connectivity index (χ1) is 20.1. The lowest BCUT2D eigenvalue weighted by Gasteiger charge is -2.36. The van der Waals surface area contributed by atoms with E-state index in [1.165, 1.54) is 19.4 Å². The summed E-state index contributed by atoms with van der Waals surface area (Å²) >= 11 is 6.33. The number of hydrogen-bond donors (Lipinski definition) is 2. The number of carbonyl (C=O) groups is 2. The lowest BCUT2D eigenvalue weighted by Crippen LogP contribution is -2.53. The number of amides is 2. The van der Waals surface area contributed by atoms with Crippen LogP contribution in [0.15, 0.2) is 36.5 Å². The Balaban J connectivity index is 1.36. The number of likely N-dealkylation sites (N-methyl/N-ethyl adjacent to an activating group) is 1. The third-order valence-electron chi connectivity index (χ3n) is 7.70. The molecule has 3 atom stereocenters. The van der Waals surface area contributed by atoms with Crippen LogP contribution < -0.4 is 20.1 Å². The number of piperidine rings is 1. The number of aromatic nitrogens is 2. The Morgan fingerprint density at radius 1 is 1.19 bits per heavy atom. The molecule has 1 aromatic heterocycles. The largest absolute Gasteiger partial charge is 0.495 e. The normalized spacial score (nSPS) is 20.3. The monoisotopic (exact) mass is 598 g/mol. The number of nitrogens with one attached hydrogen (secondary N) is 2. The summed E-state index contributed by atoms with van der Waals surface area (Å²) in [5.41, 5.74) is 1.28. The molecule has 2 amide bonds. The number of likely N-dealkylation sites (tertiary alicyclic amines) is 1. The summed E-state index contributed by atoms with van der Waals surface area (Å²) in [5, 5.41) is 5.90. The van der Waals surface area contributed by atoms with Gasteiger partial charge in [0.25, 0.3) is 11.8 Å². The molecule has 222 valence electrons. The van der Waals surface area contributed by atoms with Crippen molar-refractivity contribution in [1.29, 1.82) is 0 Å². The van der Waals surface area contributed by atoms with Gasteiger partial charge in [0, 0.05) is 26.8 Å². The molecule has 0 bridgehead atoms. The molecule has 0 radical (unpaired) electrons. The smallest absolute Gasteiger partial charge is 0.258 e. The fourth-order valence-electron chi connectivity index (χ4n) is 5.19. The van der Waals surface area contributed by atoms with E-state index in [1.54, 1.807) is 31.2 Å². The molecule has 11 nitrogen and oxygen atoms in total. The molecule has 1 saturated heterocycles. The lowest BCUT2D eigenvalue weighted by atomic mass is 10.0. The van der Waals surface area contributed by atoms with Crippen molar-refractivity contribution in [1.82, 2.24) is 25.1 Å². The molecule has 5 rings (SSSR count). The van der Waals surface area contributed by atoms with Gasteiger partial charge in [-0.25, -0.2) is 9.37 Å². The Morgan fingerprint density at radius 3 is 2.71 bits per heavy atom. The van der Waals surface area contributed by atoms with Crippen LogP contribution in [-0.2, 0) is 4.74 Å². The fraction of sp³-hybridized carbons (Fsp3) is 0.379. The highest BCUT2D eigenvalue weighted by Crippen LogP contribution is 2.40. The number of ether oxygens (including phenoxy) is 3. The van der Waals surface area contributed by atoms with Crippen LogP contribution in [0.25, 0.3) is 0 Å². The van der Waals surface area contributed by atoms with Gasteiger partial charge >= 0.3 is 0 Å². The SMILES string of the molecule is COc1cc(C(=O)N[C@@H]2CCN(C)C[C@@H]2OC)c(F)cc1Nc1ncc(Cl)c(Oc2cccc3c2C(=O)N(C)[C@@H]3C)n1. The Labute approximate surface area is 247 Å². The van der Waals surface area contributed by atoms with Crippen LogP contribution >= 0.6 is 11.6 Å². The van der Waals surface area contributed by atoms with Gasteiger partial charge in [-0.2, -0.15) is 4.98 Å². The van der Waals surface area contributed by atoms with Crippen LogP contribution in [0, 0.1) is 5.82 Å². The molecule has 0 unspecified atom stereocenters. The maximum atomic E-state index is 15.3. The predicted molar refractivity (Wildman–Crippen MR) is 154 cm³/mol. The number of halogens is 2. The van der Waals surface area contributed by atoms with Crippen molar-refractivity contribution in [2.24, 2.45) is 0 Å². The molecule has 2 aromatic carbocycles. The molecule has 2 N–H and O–H groups in total. The number of carbonyl (C=O) groups excluding carboxylic acids is 2. The number of nitrogens with zero attached hydrogens (tertiary/aromatic N) is 4. The molecule has 0 aliphatic carbocycles. The van der Waals surface area contributed by atoms with Crippen LogP contribution in [0.4, 0.5) is 16.0 Å². The second kappa shape index (κ2) is 12.1. The maximum absolute atomic E-state index is 15.3. The number of benzene rings is 2. The highest BCUT2D eigenvalue weighted by atomic mass is 35.5. The van der Waals surface area contributed by atoms with Gasteiger partial charge < -0.3 is 34.6 Å². The quantitative estimate of drug-likeness (QED) is 0.389. The third kappa shape index (κ3) is 5.69. The average molecular weight is 599 g/mol. The van der Waals surface area contributed by atoms with E-state index < -0.39 is 11.7 Å². The van der Waals surface area contributed by atoms with Crippen molar-refractivity contribution in [3.8, 4) is 17.4 Å². The van der Waals surface area contributed by atoms with Crippen molar-refractivity contribution in [2.75, 3.05) is 46.7 Å². The van der Waals surface area contributed by atoms with E-state index in [9.17, 15) is 9.59 Å². The fourth-order valence-corrected chi connectivity index (χ4v) is 5.32. The molecule has 42 heavy (non-hydrogen) atoms. The number of anilines is 2. The number of methoxy groups -OCH3 is 2. The number of hydrogen-bond acceptors (Lipinski definition) is 9. The van der Waals surface area contributed by atoms with Gasteiger partial charge in [-0.3, -0.25) is 9.59 Å². The Bertz CT molecular complexity index is 1520. The van der Waals surface area contributed by atoms with Crippen molar-refractivity contribution < 1.29 is 28.2 Å². The zero-order valence-electron chi connectivity index (χ0n) is 23.9. The van der Waals surface area contributed by atoms with Crippen LogP contribution in [0.1, 0.15) is 45.7 Å². The predicted octanol–water partition coefficient (Wildman–Crippen LogP) is 4.41. The van der Waals surface area contributed by atoms with Gasteiger partial charge in [0.2, 0.25) is 11.8 Å². The topological polar surface area (TPSA) is 118 Å². The Hall–Kier alpha value is -4.00. The molecule has 0 saturated carbocycles. The van der Waals surface area contributed by atoms with Crippen molar-refractivity contribution in [2.45, 2.75) is 31.5 Å². The van der Waals surface area contributed by atoms with E-state index in [0.717, 1.165) is 18.2 Å². The molecular weight excluding hydrogens is 567 g/mol. The summed E-state index contributed by atoms with van der Waals surface area (Å²) in [6.45, 7) is 3.37. The molecule has 2 aliphatic rings. The van der Waals surface area contributed by atoms with Crippen molar-refractivity contribution in [3.05, 3.63) is 64.1 Å². The summed E-state index contributed by atoms with van der Waals surface area (Å²) in [6, 6.07) is 7.41. The minimum absolute atomic E-state index is 0.00108. The highest BCUT2D eigenvalue weighted by Gasteiger charge is 2.34. The average Bonchev–Trinajstić information content (AvgIpc) is 3.20. The first-order valence-electron chi connectivity index (χ1n) is 13.4. The molecule has 2 aliphatic heterocycles. The summed E-state index contributed by atoms with van der Waals surface area (Å²) < 4.78 is 32.2. The zero-order valence-corrected chi connectivity index (χ0v) is 24.7. The molecule has 0 spiro atoms. The van der Waals surface area contributed by atoms with Gasteiger partial charge in [-0.15, -0.1) is 0 Å². The zero-order chi connectivity index (χ0) is 30.1. The van der Waals surface area contributed by atoms with Gasteiger partial charge in [0.15, 0.2) is 0 Å². The molecular formula is C29H32ClFN6O5. The summed E-state index contributed by atoms with van der Waals surface area (Å²) in [6.07, 6.45) is 1.79. The second-order valence-electron chi connectivity index (χ2n) is 10.3. The Kier molecular flexibility index (Phi) is 8.48. The first-order valence-corrected chi connectivity index (χ1v) is 13.8. The summed E-state index contributed by atoms with van der Waals surface area (Å²) in [4.78, 5) is 38.1. The van der Waals surface area contributed by atoms with Crippen LogP contribution in [0.2, 0.25) is 5.02 Å². The highest BCUT2D eigenvalue weighted by molar-refractivity contribution is 6.31. The van der Waals surface area contributed by atoms with E-state index in [2.05, 4.69) is 25.5 Å². The maximum Gasteiger partial charge on any atom is 0.258 e. The lowest BCUT2D eigenvalue weighted by molar-refractivity contribution is 0.0141. The van der Waals surface area contributed by atoms with E-state index in [4.69, 9.17) is 25.8 Å². The minimum Gasteiger partial charge on any atom is -0.495 e. The minimum atomic E-state index is -0.764. The summed E-state index contributed by atoms with van der Waals surface area (Å²) in [7, 11) is 6.70. The number of rotatable bonds is 8. The van der Waals surface area contributed by atoms with E-state index >= 15 is 4.39 Å². The van der Waals surface area contributed by atoms with Gasteiger partial charge in [-0.1, -0.05) is 23.7 Å². The van der Waals surface area contributed by atoms with E-state index in [0.29, 0.717) is 24.3 Å². The summed E-state index contributed by atoms with van der Waals surface area (Å²) in [5.74, 6) is -0.981. The molecule has 3 heterocycles. The van der Waals surface area contributed by atoms with Gasteiger partial charge in [0.05, 0.1) is 48.3 Å². The van der Waals surface area contributed by atoms with E-state index in [1.807, 2.05) is 20.0 Å². The standard InChI is InChI=1S/C29H32ClFN6O5/c1-15-16-7-6-8-22(25(16)28(39)37(15)3)42-27-18(30)13-32-29(35-27)34-21-12-19(31)17(11-23(21)40-4)26(38)33-20-9-10-36(2)14-24(20)41-5/h6-8,11-13,15,20,24H,9-10,14H2,1-5H3,(H,33,38)(H,32,34,35)/t15-,20-,24+/m1/s1. The van der Waals surface area contributed by atoms with Crippen LogP contribution in [-0.4, -0.2) is 85.1 Å². The number of fused-ring (bicyclic) bond motifs is 1.